The monoisotopic (exact) mass is 191 g/mol. The van der Waals surface area contributed by atoms with Crippen molar-refractivity contribution in [1.82, 2.24) is 14.8 Å². The van der Waals surface area contributed by atoms with Crippen LogP contribution in [0.2, 0.25) is 0 Å². The number of aromatic nitrogens is 3. The smallest absolute Gasteiger partial charge is 0.210 e. The van der Waals surface area contributed by atoms with Crippen LogP contribution in [0.15, 0.2) is 4.79 Å². The molecule has 2 heterocycles. The summed E-state index contributed by atoms with van der Waals surface area (Å²) in [6.07, 6.45) is 0. The fourth-order valence-electron chi connectivity index (χ4n) is 1.70. The van der Waals surface area contributed by atoms with Gasteiger partial charge in [-0.1, -0.05) is 0 Å². The van der Waals surface area contributed by atoms with Crippen molar-refractivity contribution in [3.8, 4) is 0 Å². The average Bonchev–Trinajstić information content (AvgIpc) is 2.38. The van der Waals surface area contributed by atoms with Gasteiger partial charge in [-0.3, -0.25) is 9.48 Å². The van der Waals surface area contributed by atoms with Crippen LogP contribution >= 0.6 is 0 Å². The average molecular weight is 191 g/mol. The Labute approximate surface area is 81.6 Å². The van der Waals surface area contributed by atoms with Gasteiger partial charge < -0.3 is 4.98 Å². The highest BCUT2D eigenvalue weighted by Crippen LogP contribution is 2.13. The maximum absolute atomic E-state index is 11.9. The van der Waals surface area contributed by atoms with E-state index in [0.717, 1.165) is 22.5 Å². The molecule has 0 saturated carbocycles. The summed E-state index contributed by atoms with van der Waals surface area (Å²) in [5.74, 6) is 0. The van der Waals surface area contributed by atoms with E-state index in [1.54, 1.807) is 11.7 Å². The van der Waals surface area contributed by atoms with Gasteiger partial charge in [0.05, 0.1) is 11.2 Å². The number of H-pyrrole nitrogens is 1. The molecule has 0 atom stereocenters. The van der Waals surface area contributed by atoms with E-state index in [4.69, 9.17) is 0 Å². The number of aromatic amines is 1. The molecule has 0 amide bonds. The third kappa shape index (κ3) is 0.999. The van der Waals surface area contributed by atoms with Crippen LogP contribution in [0, 0.1) is 20.8 Å². The minimum Gasteiger partial charge on any atom is -0.355 e. The Morgan fingerprint density at radius 3 is 2.57 bits per heavy atom. The lowest BCUT2D eigenvalue weighted by molar-refractivity contribution is 0.781. The minimum atomic E-state index is 0.0688. The molecule has 74 valence electrons. The Morgan fingerprint density at radius 1 is 1.29 bits per heavy atom. The Morgan fingerprint density at radius 2 is 1.93 bits per heavy atom. The van der Waals surface area contributed by atoms with Gasteiger partial charge in [-0.15, -0.1) is 0 Å². The molecule has 0 aliphatic heterocycles. The first-order chi connectivity index (χ1) is 6.52. The molecule has 1 N–H and O–H groups in total. The van der Waals surface area contributed by atoms with E-state index in [0.29, 0.717) is 5.52 Å². The zero-order valence-electron chi connectivity index (χ0n) is 8.80. The van der Waals surface area contributed by atoms with Gasteiger partial charge in [-0.2, -0.15) is 5.10 Å². The molecule has 0 saturated heterocycles. The first kappa shape index (κ1) is 8.99. The standard InChI is InChI=1S/C10H13N3O/c1-5-6(2)11-8-7(3)12-13(4)9(8)10(5)14/h1-4H3,(H,11,14). The fourth-order valence-corrected chi connectivity index (χ4v) is 1.70. The second-order valence-electron chi connectivity index (χ2n) is 3.64. The molecule has 0 aromatic carbocycles. The molecule has 0 aliphatic carbocycles. The van der Waals surface area contributed by atoms with Crippen molar-refractivity contribution in [2.75, 3.05) is 0 Å². The second kappa shape index (κ2) is 2.70. The summed E-state index contributed by atoms with van der Waals surface area (Å²) < 4.78 is 1.63. The number of rotatable bonds is 0. The third-order valence-electron chi connectivity index (χ3n) is 2.65. The maximum Gasteiger partial charge on any atom is 0.210 e. The molecule has 2 aromatic rings. The van der Waals surface area contributed by atoms with Gasteiger partial charge in [-0.25, -0.2) is 0 Å². The predicted octanol–water partition coefficient (Wildman–Crippen LogP) is 1.19. The van der Waals surface area contributed by atoms with Crippen LogP contribution in [0.3, 0.4) is 0 Å². The van der Waals surface area contributed by atoms with Crippen LogP contribution in [-0.2, 0) is 7.05 Å². The number of pyridine rings is 1. The third-order valence-corrected chi connectivity index (χ3v) is 2.65. The minimum absolute atomic E-state index is 0.0688. The van der Waals surface area contributed by atoms with Crippen LogP contribution < -0.4 is 5.43 Å². The molecule has 0 spiro atoms. The van der Waals surface area contributed by atoms with Crippen LogP contribution in [0.25, 0.3) is 11.0 Å². The molecule has 0 fully saturated rings. The highest BCUT2D eigenvalue weighted by atomic mass is 16.1. The first-order valence-electron chi connectivity index (χ1n) is 4.55. The molecule has 14 heavy (non-hydrogen) atoms. The quantitative estimate of drug-likeness (QED) is 0.680. The lowest BCUT2D eigenvalue weighted by atomic mass is 10.2. The zero-order chi connectivity index (χ0) is 10.5. The van der Waals surface area contributed by atoms with Crippen LogP contribution in [-0.4, -0.2) is 14.8 Å². The molecular weight excluding hydrogens is 178 g/mol. The van der Waals surface area contributed by atoms with Crippen molar-refractivity contribution >= 4 is 11.0 Å². The van der Waals surface area contributed by atoms with E-state index in [1.165, 1.54) is 0 Å². The number of aryl methyl sites for hydroxylation is 3. The second-order valence-corrected chi connectivity index (χ2v) is 3.64. The van der Waals surface area contributed by atoms with E-state index >= 15 is 0 Å². The van der Waals surface area contributed by atoms with E-state index < -0.39 is 0 Å². The molecule has 0 bridgehead atoms. The summed E-state index contributed by atoms with van der Waals surface area (Å²) in [6.45, 7) is 5.63. The summed E-state index contributed by atoms with van der Waals surface area (Å²) in [4.78, 5) is 15.1. The summed E-state index contributed by atoms with van der Waals surface area (Å²) in [5.41, 5.74) is 4.12. The topological polar surface area (TPSA) is 50.7 Å². The Bertz CT molecular complexity index is 563. The molecule has 4 nitrogen and oxygen atoms in total. The molecule has 2 aromatic heterocycles. The Balaban J connectivity index is 3.09. The van der Waals surface area contributed by atoms with Gasteiger partial charge in [0, 0.05) is 18.3 Å². The molecule has 0 aliphatic rings. The highest BCUT2D eigenvalue weighted by Gasteiger charge is 2.11. The highest BCUT2D eigenvalue weighted by molar-refractivity contribution is 5.78. The number of nitrogens with zero attached hydrogens (tertiary/aromatic N) is 2. The van der Waals surface area contributed by atoms with Gasteiger partial charge in [0.1, 0.15) is 5.52 Å². The van der Waals surface area contributed by atoms with E-state index in [-0.39, 0.29) is 5.43 Å². The molecule has 2 rings (SSSR count). The van der Waals surface area contributed by atoms with Crippen molar-refractivity contribution in [2.45, 2.75) is 20.8 Å². The van der Waals surface area contributed by atoms with Gasteiger partial charge in [0.15, 0.2) is 0 Å². The van der Waals surface area contributed by atoms with Gasteiger partial charge >= 0.3 is 0 Å². The van der Waals surface area contributed by atoms with Crippen molar-refractivity contribution in [2.24, 2.45) is 7.05 Å². The summed E-state index contributed by atoms with van der Waals surface area (Å²) in [6, 6.07) is 0. The summed E-state index contributed by atoms with van der Waals surface area (Å²) >= 11 is 0. The summed E-state index contributed by atoms with van der Waals surface area (Å²) in [7, 11) is 1.79. The van der Waals surface area contributed by atoms with Gasteiger partial charge in [-0.05, 0) is 20.8 Å². The van der Waals surface area contributed by atoms with Crippen molar-refractivity contribution in [1.29, 1.82) is 0 Å². The summed E-state index contributed by atoms with van der Waals surface area (Å²) in [5, 5.41) is 4.22. The normalized spacial score (nSPS) is 11.1. The predicted molar refractivity (Wildman–Crippen MR) is 55.5 cm³/mol. The number of fused-ring (bicyclic) bond motifs is 1. The number of hydrogen-bond acceptors (Lipinski definition) is 2. The number of hydrogen-bond donors (Lipinski definition) is 1. The molecule has 4 heteroatoms. The SMILES string of the molecule is Cc1[nH]c2c(C)nn(C)c2c(=O)c1C. The molecule has 0 unspecified atom stereocenters. The zero-order valence-corrected chi connectivity index (χ0v) is 8.80. The lowest BCUT2D eigenvalue weighted by Crippen LogP contribution is -2.12. The van der Waals surface area contributed by atoms with Crippen LogP contribution in [0.1, 0.15) is 17.0 Å². The Hall–Kier alpha value is -1.58. The lowest BCUT2D eigenvalue weighted by Gasteiger charge is -2.00. The van der Waals surface area contributed by atoms with Crippen molar-refractivity contribution in [3.63, 3.8) is 0 Å². The van der Waals surface area contributed by atoms with E-state index in [1.807, 2.05) is 20.8 Å². The molecule has 0 radical (unpaired) electrons. The largest absolute Gasteiger partial charge is 0.355 e. The maximum atomic E-state index is 11.9. The van der Waals surface area contributed by atoms with Crippen molar-refractivity contribution < 1.29 is 0 Å². The van der Waals surface area contributed by atoms with Gasteiger partial charge in [0.2, 0.25) is 5.43 Å². The first-order valence-corrected chi connectivity index (χ1v) is 4.55. The molecular formula is C10H13N3O. The Kier molecular flexibility index (Phi) is 1.74. The van der Waals surface area contributed by atoms with Gasteiger partial charge in [0.25, 0.3) is 0 Å². The van der Waals surface area contributed by atoms with Crippen LogP contribution in [0.5, 0.6) is 0 Å². The van der Waals surface area contributed by atoms with E-state index in [2.05, 4.69) is 10.1 Å². The fraction of sp³-hybridized carbons (Fsp3) is 0.400. The number of nitrogens with one attached hydrogen (secondary N) is 1. The van der Waals surface area contributed by atoms with Crippen LogP contribution in [0.4, 0.5) is 0 Å². The van der Waals surface area contributed by atoms with Crippen molar-refractivity contribution in [3.05, 3.63) is 27.2 Å². The van der Waals surface area contributed by atoms with E-state index in [9.17, 15) is 4.79 Å².